The van der Waals surface area contributed by atoms with Gasteiger partial charge in [-0.1, -0.05) is 36.5 Å². The van der Waals surface area contributed by atoms with Gasteiger partial charge in [-0.15, -0.1) is 0 Å². The number of nitrogens with zero attached hydrogens (tertiary/aromatic N) is 1. The van der Waals surface area contributed by atoms with Gasteiger partial charge in [0.2, 0.25) is 0 Å². The van der Waals surface area contributed by atoms with Gasteiger partial charge in [-0.05, 0) is 31.4 Å². The second kappa shape index (κ2) is 6.71. The van der Waals surface area contributed by atoms with Crippen molar-refractivity contribution in [1.82, 2.24) is 4.57 Å². The smallest absolute Gasteiger partial charge is 0.259 e. The molecule has 0 atom stereocenters. The summed E-state index contributed by atoms with van der Waals surface area (Å²) in [4.78, 5) is 12.9. The molecule has 1 aliphatic rings. The van der Waals surface area contributed by atoms with Crippen molar-refractivity contribution >= 4 is 34.0 Å². The minimum atomic E-state index is -0.0654. The van der Waals surface area contributed by atoms with Crippen LogP contribution in [0, 0.1) is 0 Å². The third-order valence-corrected chi connectivity index (χ3v) is 4.88. The fourth-order valence-corrected chi connectivity index (χ4v) is 3.15. The van der Waals surface area contributed by atoms with Gasteiger partial charge < -0.3 is 15.0 Å². The van der Waals surface area contributed by atoms with Gasteiger partial charge in [-0.2, -0.15) is 0 Å². The molecule has 0 radical (unpaired) electrons. The van der Waals surface area contributed by atoms with Crippen molar-refractivity contribution in [3.05, 3.63) is 38.2 Å². The van der Waals surface area contributed by atoms with E-state index in [9.17, 15) is 4.79 Å². The molecule has 1 saturated carbocycles. The Labute approximate surface area is 145 Å². The summed E-state index contributed by atoms with van der Waals surface area (Å²) in [6.07, 6.45) is 3.96. The van der Waals surface area contributed by atoms with Crippen LogP contribution < -0.4 is 16.0 Å². The molecule has 6 heteroatoms. The Balaban J connectivity index is 2.28. The van der Waals surface area contributed by atoms with Gasteiger partial charge in [0.15, 0.2) is 0 Å². The number of pyridine rings is 1. The monoisotopic (exact) mass is 354 g/mol. The van der Waals surface area contributed by atoms with Crippen molar-refractivity contribution < 1.29 is 4.74 Å². The lowest BCUT2D eigenvalue weighted by molar-refractivity contribution is 0.305. The summed E-state index contributed by atoms with van der Waals surface area (Å²) in [7, 11) is 0. The summed E-state index contributed by atoms with van der Waals surface area (Å²) < 4.78 is 7.79. The van der Waals surface area contributed by atoms with E-state index in [0.29, 0.717) is 33.2 Å². The Bertz CT molecular complexity index is 798. The van der Waals surface area contributed by atoms with Crippen LogP contribution in [0.4, 0.5) is 0 Å². The van der Waals surface area contributed by atoms with Crippen LogP contribution in [0.3, 0.4) is 0 Å². The van der Waals surface area contributed by atoms with Crippen molar-refractivity contribution in [3.63, 3.8) is 0 Å². The van der Waals surface area contributed by atoms with Crippen LogP contribution in [0.25, 0.3) is 10.8 Å². The molecule has 0 bridgehead atoms. The van der Waals surface area contributed by atoms with E-state index < -0.39 is 0 Å². The molecule has 0 aliphatic heterocycles. The van der Waals surface area contributed by atoms with E-state index in [1.165, 1.54) is 0 Å². The molecule has 23 heavy (non-hydrogen) atoms. The van der Waals surface area contributed by atoms with Gasteiger partial charge in [0, 0.05) is 18.0 Å². The highest BCUT2D eigenvalue weighted by molar-refractivity contribution is 6.42. The van der Waals surface area contributed by atoms with Crippen LogP contribution in [-0.2, 0) is 6.54 Å². The summed E-state index contributed by atoms with van der Waals surface area (Å²) in [6, 6.07) is 3.56. The first-order valence-electron chi connectivity index (χ1n) is 7.97. The Morgan fingerprint density at radius 3 is 2.48 bits per heavy atom. The predicted octanol–water partition coefficient (Wildman–Crippen LogP) is 4.28. The van der Waals surface area contributed by atoms with Gasteiger partial charge in [0.1, 0.15) is 5.75 Å². The average Bonchev–Trinajstić information content (AvgIpc) is 3.35. The van der Waals surface area contributed by atoms with Crippen molar-refractivity contribution in [2.45, 2.75) is 45.2 Å². The van der Waals surface area contributed by atoms with Gasteiger partial charge in [-0.3, -0.25) is 4.79 Å². The molecule has 2 N–H and O–H groups in total. The molecule has 2 aromatic rings. The molecule has 1 heterocycles. The van der Waals surface area contributed by atoms with E-state index >= 15 is 0 Å². The van der Waals surface area contributed by atoms with Crippen molar-refractivity contribution in [2.24, 2.45) is 5.73 Å². The van der Waals surface area contributed by atoms with Crippen LogP contribution in [0.5, 0.6) is 5.75 Å². The molecule has 4 nitrogen and oxygen atoms in total. The van der Waals surface area contributed by atoms with E-state index in [1.54, 1.807) is 16.7 Å². The van der Waals surface area contributed by atoms with Crippen molar-refractivity contribution in [1.29, 1.82) is 0 Å². The van der Waals surface area contributed by atoms with Crippen molar-refractivity contribution in [2.75, 3.05) is 6.61 Å². The first-order chi connectivity index (χ1) is 11.1. The minimum Gasteiger partial charge on any atom is -0.491 e. The molecule has 1 aromatic carbocycles. The third-order valence-electron chi connectivity index (χ3n) is 4.16. The fourth-order valence-electron chi connectivity index (χ4n) is 2.82. The average molecular weight is 355 g/mol. The topological polar surface area (TPSA) is 57.2 Å². The highest BCUT2D eigenvalue weighted by Gasteiger charge is 2.30. The number of hydrogen-bond acceptors (Lipinski definition) is 3. The second-order valence-electron chi connectivity index (χ2n) is 5.90. The van der Waals surface area contributed by atoms with Gasteiger partial charge in [0.05, 0.1) is 27.7 Å². The molecule has 124 valence electrons. The quantitative estimate of drug-likeness (QED) is 0.787. The molecule has 0 saturated heterocycles. The molecule has 0 unspecified atom stereocenters. The first kappa shape index (κ1) is 16.6. The summed E-state index contributed by atoms with van der Waals surface area (Å²) in [5, 5.41) is 2.01. The largest absolute Gasteiger partial charge is 0.491 e. The summed E-state index contributed by atoms with van der Waals surface area (Å²) >= 11 is 12.3. The maximum Gasteiger partial charge on any atom is 0.259 e. The lowest BCUT2D eigenvalue weighted by Crippen LogP contribution is -2.26. The van der Waals surface area contributed by atoms with Gasteiger partial charge >= 0.3 is 0 Å². The number of ether oxygens (including phenoxy) is 1. The third kappa shape index (κ3) is 3.08. The Hall–Kier alpha value is -1.23. The van der Waals surface area contributed by atoms with E-state index in [1.807, 2.05) is 0 Å². The number of aromatic nitrogens is 1. The number of fused-ring (bicyclic) bond motifs is 1. The number of halogens is 2. The number of benzene rings is 1. The molecular weight excluding hydrogens is 335 g/mol. The number of hydrogen-bond donors (Lipinski definition) is 1. The van der Waals surface area contributed by atoms with Crippen molar-refractivity contribution in [3.8, 4) is 5.75 Å². The van der Waals surface area contributed by atoms with E-state index in [4.69, 9.17) is 33.7 Å². The van der Waals surface area contributed by atoms with E-state index in [-0.39, 0.29) is 18.1 Å². The molecule has 1 aliphatic carbocycles. The maximum atomic E-state index is 12.9. The number of unbranched alkanes of at least 4 members (excludes halogenated alkanes) is 1. The molecule has 3 rings (SSSR count). The van der Waals surface area contributed by atoms with Crippen LogP contribution in [0.2, 0.25) is 10.0 Å². The highest BCUT2D eigenvalue weighted by atomic mass is 35.5. The molecule has 1 aromatic heterocycles. The molecule has 0 spiro atoms. The number of nitrogens with two attached hydrogens (primary N) is 1. The maximum absolute atomic E-state index is 12.9. The molecule has 0 amide bonds. The lowest BCUT2D eigenvalue weighted by atomic mass is 10.1. The Kier molecular flexibility index (Phi) is 4.85. The summed E-state index contributed by atoms with van der Waals surface area (Å²) in [5.74, 6) is 0.668. The van der Waals surface area contributed by atoms with Gasteiger partial charge in [0.25, 0.3) is 5.56 Å². The fraction of sp³-hybridized carbons (Fsp3) is 0.471. The van der Waals surface area contributed by atoms with Crippen LogP contribution in [0.1, 0.15) is 44.3 Å². The normalized spacial score (nSPS) is 14.4. The van der Waals surface area contributed by atoms with Gasteiger partial charge in [-0.25, -0.2) is 0 Å². The summed E-state index contributed by atoms with van der Waals surface area (Å²) in [6.45, 7) is 2.94. The number of rotatable bonds is 6. The highest BCUT2D eigenvalue weighted by Crippen LogP contribution is 2.40. The minimum absolute atomic E-state index is 0.0654. The Morgan fingerprint density at radius 2 is 1.91 bits per heavy atom. The molecule has 1 fully saturated rings. The molecular formula is C17H20Cl2N2O2. The Morgan fingerprint density at radius 1 is 1.26 bits per heavy atom. The van der Waals surface area contributed by atoms with Crippen LogP contribution in [-0.4, -0.2) is 11.2 Å². The second-order valence-corrected chi connectivity index (χ2v) is 6.71. The standard InChI is InChI=1S/C17H20Cl2N2O2/c1-2-3-6-23-16-11-7-13(18)14(19)8-12(11)17(22)21(10-4-5-10)15(16)9-20/h7-8,10H,2-6,9,20H2,1H3. The zero-order chi connectivity index (χ0) is 16.6. The van der Waals surface area contributed by atoms with E-state index in [2.05, 4.69) is 6.92 Å². The zero-order valence-electron chi connectivity index (χ0n) is 13.1. The van der Waals surface area contributed by atoms with E-state index in [0.717, 1.165) is 31.4 Å². The summed E-state index contributed by atoms with van der Waals surface area (Å²) in [5.41, 5.74) is 6.63. The zero-order valence-corrected chi connectivity index (χ0v) is 14.6. The van der Waals surface area contributed by atoms with Crippen LogP contribution in [0.15, 0.2) is 16.9 Å². The first-order valence-corrected chi connectivity index (χ1v) is 8.73. The lowest BCUT2D eigenvalue weighted by Gasteiger charge is -2.19. The van der Waals surface area contributed by atoms with Crippen LogP contribution >= 0.6 is 23.2 Å². The SMILES string of the molecule is CCCCOc1c(CN)n(C2CC2)c(=O)c2cc(Cl)c(Cl)cc12. The predicted molar refractivity (Wildman–Crippen MR) is 94.8 cm³/mol.